The van der Waals surface area contributed by atoms with Gasteiger partial charge in [0.2, 0.25) is 0 Å². The van der Waals surface area contributed by atoms with Gasteiger partial charge in [0.15, 0.2) is 0 Å². The highest BCUT2D eigenvalue weighted by molar-refractivity contribution is 5.31. The average molecular weight is 329 g/mol. The van der Waals surface area contributed by atoms with E-state index in [0.29, 0.717) is 13.2 Å². The highest BCUT2D eigenvalue weighted by atomic mass is 16.5. The van der Waals surface area contributed by atoms with Gasteiger partial charge in [-0.1, -0.05) is 35.9 Å². The summed E-state index contributed by atoms with van der Waals surface area (Å²) >= 11 is 0. The van der Waals surface area contributed by atoms with E-state index in [4.69, 9.17) is 4.74 Å². The Labute approximate surface area is 146 Å². The highest BCUT2D eigenvalue weighted by Gasteiger charge is 2.21. The summed E-state index contributed by atoms with van der Waals surface area (Å²) in [5, 5.41) is 13.5. The van der Waals surface area contributed by atoms with Crippen LogP contribution >= 0.6 is 0 Å². The molecule has 0 saturated carbocycles. The molecule has 2 aliphatic carbocycles. The number of ether oxygens (including phenoxy) is 1. The van der Waals surface area contributed by atoms with Crippen LogP contribution in [0.5, 0.6) is 0 Å². The van der Waals surface area contributed by atoms with Crippen molar-refractivity contribution < 1.29 is 9.84 Å². The summed E-state index contributed by atoms with van der Waals surface area (Å²) in [6.45, 7) is 1.98. The molecular formula is C21H31NO2. The lowest BCUT2D eigenvalue weighted by molar-refractivity contribution is -0.0166. The predicted octanol–water partition coefficient (Wildman–Crippen LogP) is 3.92. The smallest absolute Gasteiger partial charge is 0.0897 e. The van der Waals surface area contributed by atoms with Crippen molar-refractivity contribution in [2.75, 3.05) is 19.7 Å². The van der Waals surface area contributed by atoms with Crippen LogP contribution in [0.3, 0.4) is 0 Å². The monoisotopic (exact) mass is 329 g/mol. The second-order valence-corrected chi connectivity index (χ2v) is 7.13. The van der Waals surface area contributed by atoms with Crippen molar-refractivity contribution in [1.82, 2.24) is 5.32 Å². The van der Waals surface area contributed by atoms with Crippen molar-refractivity contribution in [3.63, 3.8) is 0 Å². The van der Waals surface area contributed by atoms with E-state index in [9.17, 15) is 5.11 Å². The van der Waals surface area contributed by atoms with Crippen LogP contribution in [0.25, 0.3) is 0 Å². The summed E-state index contributed by atoms with van der Waals surface area (Å²) in [7, 11) is 0. The molecule has 0 spiro atoms. The van der Waals surface area contributed by atoms with E-state index in [0.717, 1.165) is 25.8 Å². The van der Waals surface area contributed by atoms with Crippen molar-refractivity contribution in [2.45, 2.75) is 63.6 Å². The van der Waals surface area contributed by atoms with Gasteiger partial charge in [-0.15, -0.1) is 0 Å². The number of aliphatic hydroxyl groups is 1. The molecule has 1 aromatic rings. The predicted molar refractivity (Wildman–Crippen MR) is 98.1 cm³/mol. The standard InChI is InChI=1S/C21H31NO2/c23-19(15-22-14-13-17-7-2-1-3-8-17)16-24-21-12-6-10-18-9-4-5-11-20(18)21/h4-5,7,9,11,19,21-23H,1-3,6,8,10,12-16H2/t19-,21+/m1/s1. The molecule has 2 N–H and O–H groups in total. The minimum atomic E-state index is -0.431. The number of rotatable bonds is 8. The first-order valence-electron chi connectivity index (χ1n) is 9.59. The lowest BCUT2D eigenvalue weighted by Crippen LogP contribution is -2.32. The normalized spacial score (nSPS) is 21.9. The van der Waals surface area contributed by atoms with Gasteiger partial charge in [0.05, 0.1) is 18.8 Å². The summed E-state index contributed by atoms with van der Waals surface area (Å²) < 4.78 is 6.02. The van der Waals surface area contributed by atoms with E-state index in [2.05, 4.69) is 35.7 Å². The third-order valence-corrected chi connectivity index (χ3v) is 5.19. The fourth-order valence-corrected chi connectivity index (χ4v) is 3.82. The van der Waals surface area contributed by atoms with Gasteiger partial charge in [-0.3, -0.25) is 0 Å². The minimum Gasteiger partial charge on any atom is -0.389 e. The summed E-state index contributed by atoms with van der Waals surface area (Å²) in [5.74, 6) is 0. The van der Waals surface area contributed by atoms with Crippen LogP contribution < -0.4 is 5.32 Å². The molecule has 0 amide bonds. The van der Waals surface area contributed by atoms with E-state index in [1.807, 2.05) is 0 Å². The van der Waals surface area contributed by atoms with Gasteiger partial charge in [0, 0.05) is 6.54 Å². The number of aryl methyl sites for hydroxylation is 1. The number of allylic oxidation sites excluding steroid dienone is 1. The molecule has 2 aliphatic rings. The molecule has 0 aliphatic heterocycles. The number of benzene rings is 1. The third-order valence-electron chi connectivity index (χ3n) is 5.19. The molecule has 1 aromatic carbocycles. The number of fused-ring (bicyclic) bond motifs is 1. The zero-order valence-corrected chi connectivity index (χ0v) is 14.7. The quantitative estimate of drug-likeness (QED) is 0.561. The van der Waals surface area contributed by atoms with Crippen LogP contribution in [0.1, 0.15) is 62.2 Å². The second-order valence-electron chi connectivity index (χ2n) is 7.13. The van der Waals surface area contributed by atoms with Crippen molar-refractivity contribution in [3.8, 4) is 0 Å². The SMILES string of the molecule is O[C@H](CNCCC1=CCCCC1)CO[C@H]1CCCc2ccccc21. The molecule has 132 valence electrons. The van der Waals surface area contributed by atoms with E-state index in [1.165, 1.54) is 43.2 Å². The molecule has 0 heterocycles. The first kappa shape index (κ1) is 17.7. The molecule has 0 saturated heterocycles. The van der Waals surface area contributed by atoms with Crippen LogP contribution in [0.4, 0.5) is 0 Å². The molecule has 3 heteroatoms. The second kappa shape index (κ2) is 9.36. The summed E-state index contributed by atoms with van der Waals surface area (Å²) in [6.07, 6.45) is 11.8. The number of hydrogen-bond donors (Lipinski definition) is 2. The maximum atomic E-state index is 10.2. The Morgan fingerprint density at radius 3 is 2.96 bits per heavy atom. The molecule has 3 nitrogen and oxygen atoms in total. The van der Waals surface area contributed by atoms with E-state index in [-0.39, 0.29) is 6.10 Å². The lowest BCUT2D eigenvalue weighted by atomic mass is 9.89. The molecule has 24 heavy (non-hydrogen) atoms. The van der Waals surface area contributed by atoms with Gasteiger partial charge in [-0.2, -0.15) is 0 Å². The Kier molecular flexibility index (Phi) is 6.88. The maximum absolute atomic E-state index is 10.2. The van der Waals surface area contributed by atoms with Gasteiger partial charge in [0.25, 0.3) is 0 Å². The Morgan fingerprint density at radius 2 is 2.08 bits per heavy atom. The molecule has 3 rings (SSSR count). The van der Waals surface area contributed by atoms with Gasteiger partial charge in [-0.05, 0) is 69.0 Å². The number of nitrogens with one attached hydrogen (secondary N) is 1. The molecule has 0 fully saturated rings. The highest BCUT2D eigenvalue weighted by Crippen LogP contribution is 2.32. The fraction of sp³-hybridized carbons (Fsp3) is 0.619. The first-order valence-corrected chi connectivity index (χ1v) is 9.59. The van der Waals surface area contributed by atoms with Crippen LogP contribution in [0, 0.1) is 0 Å². The molecule has 0 bridgehead atoms. The Bertz CT molecular complexity index is 540. The van der Waals surface area contributed by atoms with Crippen molar-refractivity contribution in [2.24, 2.45) is 0 Å². The zero-order chi connectivity index (χ0) is 16.6. The van der Waals surface area contributed by atoms with E-state index < -0.39 is 6.10 Å². The Hall–Kier alpha value is -1.16. The van der Waals surface area contributed by atoms with Crippen LogP contribution in [-0.4, -0.2) is 30.9 Å². The van der Waals surface area contributed by atoms with Gasteiger partial charge >= 0.3 is 0 Å². The molecular weight excluding hydrogens is 298 g/mol. The number of hydrogen-bond acceptors (Lipinski definition) is 3. The number of aliphatic hydroxyl groups excluding tert-OH is 1. The molecule has 0 unspecified atom stereocenters. The molecule has 2 atom stereocenters. The van der Waals surface area contributed by atoms with E-state index in [1.54, 1.807) is 5.57 Å². The van der Waals surface area contributed by atoms with E-state index >= 15 is 0 Å². The van der Waals surface area contributed by atoms with Crippen LogP contribution in [0.2, 0.25) is 0 Å². The summed E-state index contributed by atoms with van der Waals surface area (Å²) in [4.78, 5) is 0. The maximum Gasteiger partial charge on any atom is 0.0897 e. The fourth-order valence-electron chi connectivity index (χ4n) is 3.82. The first-order chi connectivity index (χ1) is 11.8. The van der Waals surface area contributed by atoms with Crippen LogP contribution in [-0.2, 0) is 11.2 Å². The largest absolute Gasteiger partial charge is 0.389 e. The average Bonchev–Trinajstić information content (AvgIpc) is 2.64. The van der Waals surface area contributed by atoms with Crippen LogP contribution in [0.15, 0.2) is 35.9 Å². The Morgan fingerprint density at radius 1 is 1.17 bits per heavy atom. The lowest BCUT2D eigenvalue weighted by Gasteiger charge is -2.26. The van der Waals surface area contributed by atoms with Crippen molar-refractivity contribution >= 4 is 0 Å². The Balaban J connectivity index is 1.34. The topological polar surface area (TPSA) is 41.5 Å². The van der Waals surface area contributed by atoms with Gasteiger partial charge in [-0.25, -0.2) is 0 Å². The molecule has 0 radical (unpaired) electrons. The van der Waals surface area contributed by atoms with Crippen molar-refractivity contribution in [1.29, 1.82) is 0 Å². The minimum absolute atomic E-state index is 0.150. The van der Waals surface area contributed by atoms with Crippen molar-refractivity contribution in [3.05, 3.63) is 47.0 Å². The summed E-state index contributed by atoms with van der Waals surface area (Å²) in [5.41, 5.74) is 4.30. The van der Waals surface area contributed by atoms with Gasteiger partial charge < -0.3 is 15.2 Å². The summed E-state index contributed by atoms with van der Waals surface area (Å²) in [6, 6.07) is 8.55. The molecule has 0 aromatic heterocycles. The van der Waals surface area contributed by atoms with Gasteiger partial charge in [0.1, 0.15) is 0 Å². The third kappa shape index (κ3) is 5.17. The zero-order valence-electron chi connectivity index (χ0n) is 14.7.